The van der Waals surface area contributed by atoms with Crippen molar-refractivity contribution in [2.75, 3.05) is 25.6 Å². The fraction of sp³-hybridized carbons (Fsp3) is 0.462. The molecule has 1 aromatic heterocycles. The molecular formula is C26H28F5N3O4. The van der Waals surface area contributed by atoms with Crippen LogP contribution in [0.3, 0.4) is 0 Å². The van der Waals surface area contributed by atoms with Gasteiger partial charge in [0.15, 0.2) is 11.5 Å². The van der Waals surface area contributed by atoms with Gasteiger partial charge < -0.3 is 24.6 Å². The highest BCUT2D eigenvalue weighted by molar-refractivity contribution is 5.91. The zero-order valence-electron chi connectivity index (χ0n) is 21.2. The minimum atomic E-state index is -3.83. The normalized spacial score (nSPS) is 16.9. The molecule has 3 aromatic rings. The van der Waals surface area contributed by atoms with Gasteiger partial charge in [0.1, 0.15) is 35.8 Å². The van der Waals surface area contributed by atoms with Crippen molar-refractivity contribution in [2.24, 2.45) is 0 Å². The Hall–Kier alpha value is -3.25. The van der Waals surface area contributed by atoms with Gasteiger partial charge in [-0.3, -0.25) is 0 Å². The van der Waals surface area contributed by atoms with Crippen LogP contribution in [0.25, 0.3) is 10.9 Å². The zero-order chi connectivity index (χ0) is 27.9. The quantitative estimate of drug-likeness (QED) is 0.250. The first-order chi connectivity index (χ1) is 17.7. The summed E-state index contributed by atoms with van der Waals surface area (Å²) in [6.07, 6.45) is -1.41. The van der Waals surface area contributed by atoms with E-state index in [9.17, 15) is 22.7 Å². The number of rotatable bonds is 11. The van der Waals surface area contributed by atoms with E-state index >= 15 is 4.39 Å². The maximum absolute atomic E-state index is 15.1. The van der Waals surface area contributed by atoms with Crippen molar-refractivity contribution in [3.8, 4) is 11.5 Å². The van der Waals surface area contributed by atoms with Crippen LogP contribution in [0.4, 0.5) is 27.8 Å². The Balaban J connectivity index is 1.57. The van der Waals surface area contributed by atoms with Gasteiger partial charge in [0, 0.05) is 30.0 Å². The number of aryl methyl sites for hydroxylation is 1. The number of ether oxygens (including phenoxy) is 3. The molecule has 206 valence electrons. The Kier molecular flexibility index (Phi) is 7.41. The summed E-state index contributed by atoms with van der Waals surface area (Å²) in [5.41, 5.74) is -2.98. The molecule has 38 heavy (non-hydrogen) atoms. The first-order valence-electron chi connectivity index (χ1n) is 11.8. The summed E-state index contributed by atoms with van der Waals surface area (Å²) in [6.45, 7) is 3.21. The van der Waals surface area contributed by atoms with Crippen LogP contribution in [0.1, 0.15) is 37.2 Å². The average molecular weight is 542 g/mol. The second-order valence-electron chi connectivity index (χ2n) is 9.58. The van der Waals surface area contributed by atoms with Crippen molar-refractivity contribution in [3.05, 3.63) is 53.1 Å². The molecule has 4 rings (SSSR count). The van der Waals surface area contributed by atoms with Crippen LogP contribution in [0.15, 0.2) is 30.3 Å². The maximum Gasteiger partial charge on any atom is 0.303 e. The van der Waals surface area contributed by atoms with Gasteiger partial charge in [-0.1, -0.05) is 12.1 Å². The van der Waals surface area contributed by atoms with Crippen molar-refractivity contribution in [3.63, 3.8) is 0 Å². The van der Waals surface area contributed by atoms with E-state index in [1.165, 1.54) is 19.2 Å². The summed E-state index contributed by atoms with van der Waals surface area (Å²) < 4.78 is 86.5. The lowest BCUT2D eigenvalue weighted by molar-refractivity contribution is -0.170. The van der Waals surface area contributed by atoms with Crippen molar-refractivity contribution in [2.45, 2.75) is 57.3 Å². The number of methoxy groups -OCH3 is 1. The number of fused-ring (bicyclic) bond motifs is 1. The maximum atomic E-state index is 15.1. The van der Waals surface area contributed by atoms with Crippen LogP contribution in [0.2, 0.25) is 0 Å². The van der Waals surface area contributed by atoms with Gasteiger partial charge in [0.2, 0.25) is 0 Å². The van der Waals surface area contributed by atoms with Gasteiger partial charge in [0.05, 0.1) is 24.8 Å². The number of alkyl halides is 4. The van der Waals surface area contributed by atoms with Crippen LogP contribution in [-0.2, 0) is 17.2 Å². The lowest BCUT2D eigenvalue weighted by Gasteiger charge is -2.30. The Morgan fingerprint density at radius 1 is 1.13 bits per heavy atom. The van der Waals surface area contributed by atoms with E-state index in [1.807, 2.05) is 0 Å². The highest BCUT2D eigenvalue weighted by Gasteiger charge is 2.58. The molecule has 12 heteroatoms. The molecule has 1 saturated carbocycles. The molecule has 0 bridgehead atoms. The summed E-state index contributed by atoms with van der Waals surface area (Å²) in [6, 6.07) is 6.76. The van der Waals surface area contributed by atoms with E-state index in [0.717, 1.165) is 19.9 Å². The molecule has 0 amide bonds. The Morgan fingerprint density at radius 3 is 2.47 bits per heavy atom. The second-order valence-corrected chi connectivity index (χ2v) is 9.58. The van der Waals surface area contributed by atoms with Crippen molar-refractivity contribution < 1.29 is 41.3 Å². The van der Waals surface area contributed by atoms with E-state index in [2.05, 4.69) is 15.3 Å². The Morgan fingerprint density at radius 2 is 1.84 bits per heavy atom. The summed E-state index contributed by atoms with van der Waals surface area (Å²) >= 11 is 0. The van der Waals surface area contributed by atoms with Crippen molar-refractivity contribution >= 4 is 16.7 Å². The van der Waals surface area contributed by atoms with E-state index in [0.29, 0.717) is 22.5 Å². The van der Waals surface area contributed by atoms with Gasteiger partial charge in [-0.2, -0.15) is 8.78 Å². The van der Waals surface area contributed by atoms with Crippen LogP contribution < -0.4 is 14.8 Å². The third-order valence-electron chi connectivity index (χ3n) is 6.15. The summed E-state index contributed by atoms with van der Waals surface area (Å²) in [5.74, 6) is -6.47. The number of aromatic nitrogens is 2. The third kappa shape index (κ3) is 5.60. The standard InChI is InChI=1S/C26H28F5N3O4/c1-14-33-18-11-19(36-4)20(37-8-9-38-21-12-25(21,28)29)10-16(18)23(34-14)32-13-15-6-5-7-17(22(15)27)26(30,31)24(2,3)35/h5-7,10-11,21,35H,8-9,12-13H2,1-4H3,(H,32,33,34). The first kappa shape index (κ1) is 27.8. The van der Waals surface area contributed by atoms with E-state index < -0.39 is 34.9 Å². The molecular weight excluding hydrogens is 513 g/mol. The molecule has 1 heterocycles. The number of halogens is 5. The number of hydrogen-bond donors (Lipinski definition) is 2. The molecule has 0 radical (unpaired) electrons. The number of benzene rings is 2. The fourth-order valence-electron chi connectivity index (χ4n) is 3.84. The van der Waals surface area contributed by atoms with Gasteiger partial charge in [-0.25, -0.2) is 23.1 Å². The lowest BCUT2D eigenvalue weighted by atomic mass is 9.92. The molecule has 2 N–H and O–H groups in total. The molecule has 1 aliphatic carbocycles. The molecule has 0 spiro atoms. The largest absolute Gasteiger partial charge is 0.493 e. The minimum absolute atomic E-state index is 0.0165. The SMILES string of the molecule is COc1cc2nc(C)nc(NCc3cccc(C(F)(F)C(C)(C)O)c3F)c2cc1OCCOC1CC1(F)F. The molecule has 2 aromatic carbocycles. The minimum Gasteiger partial charge on any atom is -0.493 e. The number of anilines is 1. The number of nitrogens with one attached hydrogen (secondary N) is 1. The van der Waals surface area contributed by atoms with E-state index in [-0.39, 0.29) is 43.3 Å². The Labute approximate surface area is 215 Å². The zero-order valence-corrected chi connectivity index (χ0v) is 21.2. The number of hydrogen-bond acceptors (Lipinski definition) is 7. The van der Waals surface area contributed by atoms with Gasteiger partial charge in [0.25, 0.3) is 5.92 Å². The average Bonchev–Trinajstić information content (AvgIpc) is 3.45. The number of nitrogens with zero attached hydrogens (tertiary/aromatic N) is 2. The fourth-order valence-corrected chi connectivity index (χ4v) is 3.84. The highest BCUT2D eigenvalue weighted by Crippen LogP contribution is 2.44. The second kappa shape index (κ2) is 10.1. The number of aliphatic hydroxyl groups is 1. The molecule has 1 fully saturated rings. The summed E-state index contributed by atoms with van der Waals surface area (Å²) in [7, 11) is 1.43. The van der Waals surface area contributed by atoms with E-state index in [1.54, 1.807) is 19.1 Å². The van der Waals surface area contributed by atoms with Gasteiger partial charge >= 0.3 is 5.92 Å². The van der Waals surface area contributed by atoms with Crippen LogP contribution in [0.5, 0.6) is 11.5 Å². The smallest absolute Gasteiger partial charge is 0.303 e. The van der Waals surface area contributed by atoms with E-state index in [4.69, 9.17) is 14.2 Å². The van der Waals surface area contributed by atoms with Crippen LogP contribution >= 0.6 is 0 Å². The first-order valence-corrected chi connectivity index (χ1v) is 11.8. The highest BCUT2D eigenvalue weighted by atomic mass is 19.3. The molecule has 7 nitrogen and oxygen atoms in total. The molecule has 1 unspecified atom stereocenters. The van der Waals surface area contributed by atoms with Gasteiger partial charge in [-0.15, -0.1) is 0 Å². The van der Waals surface area contributed by atoms with Crippen LogP contribution in [-0.4, -0.2) is 53.0 Å². The monoisotopic (exact) mass is 541 g/mol. The molecule has 1 aliphatic rings. The predicted molar refractivity (Wildman–Crippen MR) is 130 cm³/mol. The molecule has 0 saturated heterocycles. The lowest BCUT2D eigenvalue weighted by Crippen LogP contribution is -2.41. The van der Waals surface area contributed by atoms with Gasteiger partial charge in [-0.05, 0) is 32.9 Å². The van der Waals surface area contributed by atoms with Crippen molar-refractivity contribution in [1.29, 1.82) is 0 Å². The summed E-state index contributed by atoms with van der Waals surface area (Å²) in [4.78, 5) is 8.74. The molecule has 0 aliphatic heterocycles. The third-order valence-corrected chi connectivity index (χ3v) is 6.15. The topological polar surface area (TPSA) is 85.7 Å². The summed E-state index contributed by atoms with van der Waals surface area (Å²) in [5, 5.41) is 13.3. The predicted octanol–water partition coefficient (Wildman–Crippen LogP) is 5.36. The Bertz CT molecular complexity index is 1330. The molecule has 1 atom stereocenters. The van der Waals surface area contributed by atoms with Crippen LogP contribution in [0, 0.1) is 12.7 Å². The van der Waals surface area contributed by atoms with Crippen molar-refractivity contribution in [1.82, 2.24) is 9.97 Å².